The van der Waals surface area contributed by atoms with Gasteiger partial charge in [-0.3, -0.25) is 9.59 Å². The first-order valence-electron chi connectivity index (χ1n) is 8.06. The smallest absolute Gasteiger partial charge is 0.224 e. The molecule has 0 aliphatic carbocycles. The molecule has 2 heterocycles. The first kappa shape index (κ1) is 16.2. The lowest BCUT2D eigenvalue weighted by Gasteiger charge is -2.11. The van der Waals surface area contributed by atoms with Crippen LogP contribution in [0.5, 0.6) is 0 Å². The number of benzene rings is 1. The van der Waals surface area contributed by atoms with Gasteiger partial charge in [-0.1, -0.05) is 29.8 Å². The van der Waals surface area contributed by atoms with Gasteiger partial charge in [0, 0.05) is 38.4 Å². The lowest BCUT2D eigenvalue weighted by atomic mass is 10.1. The zero-order chi connectivity index (χ0) is 17.1. The molecule has 0 unspecified atom stereocenters. The number of hydrogen-bond donors (Lipinski definition) is 1. The van der Waals surface area contributed by atoms with Crippen LogP contribution in [0.2, 0.25) is 0 Å². The maximum absolute atomic E-state index is 12.0. The molecule has 24 heavy (non-hydrogen) atoms. The topological polar surface area (TPSA) is 75.4 Å². The molecule has 0 bridgehead atoms. The van der Waals surface area contributed by atoms with E-state index in [-0.39, 0.29) is 17.9 Å². The van der Waals surface area contributed by atoms with E-state index in [0.717, 1.165) is 5.56 Å². The van der Waals surface area contributed by atoms with E-state index in [2.05, 4.69) is 10.3 Å². The van der Waals surface area contributed by atoms with E-state index >= 15 is 0 Å². The predicted molar refractivity (Wildman–Crippen MR) is 89.2 cm³/mol. The van der Waals surface area contributed by atoms with Gasteiger partial charge in [-0.15, -0.1) is 0 Å². The second kappa shape index (κ2) is 6.86. The number of likely N-dealkylation sites (tertiary alicyclic amines) is 1. The Bertz CT molecular complexity index is 736. The van der Waals surface area contributed by atoms with Gasteiger partial charge in [0.25, 0.3) is 0 Å². The number of aromatic nitrogens is 1. The van der Waals surface area contributed by atoms with Crippen LogP contribution >= 0.6 is 0 Å². The van der Waals surface area contributed by atoms with Gasteiger partial charge in [-0.25, -0.2) is 4.98 Å². The molecule has 0 radical (unpaired) electrons. The number of oxazole rings is 1. The lowest BCUT2D eigenvalue weighted by molar-refractivity contribution is -0.126. The van der Waals surface area contributed by atoms with Crippen LogP contribution in [0.15, 0.2) is 34.9 Å². The van der Waals surface area contributed by atoms with Gasteiger partial charge in [0.2, 0.25) is 11.8 Å². The molecule has 1 N–H and O–H groups in total. The van der Waals surface area contributed by atoms with E-state index in [0.29, 0.717) is 37.5 Å². The minimum atomic E-state index is -0.0947. The fraction of sp³-hybridized carbons (Fsp3) is 0.389. The van der Waals surface area contributed by atoms with Gasteiger partial charge in [-0.05, 0) is 6.92 Å². The van der Waals surface area contributed by atoms with Gasteiger partial charge in [0.1, 0.15) is 0 Å². The van der Waals surface area contributed by atoms with Crippen molar-refractivity contribution < 1.29 is 14.0 Å². The normalized spacial score (nSPS) is 17.3. The van der Waals surface area contributed by atoms with E-state index in [1.165, 1.54) is 5.56 Å². The van der Waals surface area contributed by atoms with Crippen LogP contribution in [0.25, 0.3) is 11.3 Å². The van der Waals surface area contributed by atoms with Crippen molar-refractivity contribution in [3.05, 3.63) is 41.9 Å². The third kappa shape index (κ3) is 3.82. The Kier molecular flexibility index (Phi) is 4.64. The third-order valence-electron chi connectivity index (χ3n) is 4.16. The molecule has 0 spiro atoms. The number of nitrogens with zero attached hydrogens (tertiary/aromatic N) is 2. The molecule has 0 saturated carbocycles. The lowest BCUT2D eigenvalue weighted by Crippen LogP contribution is -2.36. The number of carbonyl (C=O) groups is 2. The molecule has 1 aliphatic rings. The van der Waals surface area contributed by atoms with Gasteiger partial charge in [-0.2, -0.15) is 0 Å². The maximum Gasteiger partial charge on any atom is 0.224 e. The van der Waals surface area contributed by atoms with Gasteiger partial charge < -0.3 is 14.6 Å². The highest BCUT2D eigenvalue weighted by Gasteiger charge is 2.27. The van der Waals surface area contributed by atoms with Crippen LogP contribution in [-0.4, -0.2) is 41.3 Å². The van der Waals surface area contributed by atoms with E-state index < -0.39 is 0 Å². The molecule has 6 heteroatoms. The monoisotopic (exact) mass is 327 g/mol. The first-order chi connectivity index (χ1) is 11.5. The molecule has 1 saturated heterocycles. The number of rotatable bonds is 5. The fourth-order valence-electron chi connectivity index (χ4n) is 2.76. The summed E-state index contributed by atoms with van der Waals surface area (Å²) in [6, 6.07) is 7.91. The van der Waals surface area contributed by atoms with E-state index in [1.807, 2.05) is 31.2 Å². The average molecular weight is 327 g/mol. The van der Waals surface area contributed by atoms with Crippen LogP contribution in [0, 0.1) is 6.92 Å². The van der Waals surface area contributed by atoms with Crippen molar-refractivity contribution in [1.82, 2.24) is 15.2 Å². The molecule has 1 aliphatic heterocycles. The number of likely N-dealkylation sites (N-methyl/N-ethyl adjacent to an activating group) is 1. The Balaban J connectivity index is 1.51. The summed E-state index contributed by atoms with van der Waals surface area (Å²) < 4.78 is 5.71. The second-order valence-corrected chi connectivity index (χ2v) is 6.23. The largest absolute Gasteiger partial charge is 0.441 e. The average Bonchev–Trinajstić information content (AvgIpc) is 3.13. The molecule has 1 atom stereocenters. The van der Waals surface area contributed by atoms with Crippen molar-refractivity contribution in [3.63, 3.8) is 0 Å². The SMILES string of the molecule is Cc1ccc(-c2cnc(CCC(=O)N[C@@H]3CC(=O)N(C)C3)o2)cc1. The summed E-state index contributed by atoms with van der Waals surface area (Å²) >= 11 is 0. The van der Waals surface area contributed by atoms with Crippen LogP contribution < -0.4 is 5.32 Å². The molecule has 3 rings (SSSR count). The number of hydrogen-bond acceptors (Lipinski definition) is 4. The summed E-state index contributed by atoms with van der Waals surface area (Å²) in [5.74, 6) is 1.22. The maximum atomic E-state index is 12.0. The summed E-state index contributed by atoms with van der Waals surface area (Å²) in [4.78, 5) is 29.3. The number of nitrogens with one attached hydrogen (secondary N) is 1. The van der Waals surface area contributed by atoms with Gasteiger partial charge in [0.15, 0.2) is 11.7 Å². The third-order valence-corrected chi connectivity index (χ3v) is 4.16. The fourth-order valence-corrected chi connectivity index (χ4v) is 2.76. The van der Waals surface area contributed by atoms with Crippen molar-refractivity contribution in [2.24, 2.45) is 0 Å². The highest BCUT2D eigenvalue weighted by Crippen LogP contribution is 2.21. The zero-order valence-corrected chi connectivity index (χ0v) is 13.9. The van der Waals surface area contributed by atoms with Crippen molar-refractivity contribution >= 4 is 11.8 Å². The number of carbonyl (C=O) groups excluding carboxylic acids is 2. The summed E-state index contributed by atoms with van der Waals surface area (Å²) in [5, 5.41) is 2.88. The molecule has 2 aromatic rings. The zero-order valence-electron chi connectivity index (χ0n) is 13.9. The number of amides is 2. The van der Waals surface area contributed by atoms with Crippen LogP contribution in [0.3, 0.4) is 0 Å². The Labute approximate surface area is 140 Å². The first-order valence-corrected chi connectivity index (χ1v) is 8.06. The molecular formula is C18H21N3O3. The van der Waals surface area contributed by atoms with E-state index in [9.17, 15) is 9.59 Å². The summed E-state index contributed by atoms with van der Waals surface area (Å²) in [7, 11) is 1.74. The Morgan fingerprint density at radius 3 is 2.79 bits per heavy atom. The highest BCUT2D eigenvalue weighted by atomic mass is 16.4. The van der Waals surface area contributed by atoms with Gasteiger partial charge in [0.05, 0.1) is 12.2 Å². The molecular weight excluding hydrogens is 306 g/mol. The summed E-state index contributed by atoms with van der Waals surface area (Å²) in [6.07, 6.45) is 2.79. The van der Waals surface area contributed by atoms with Gasteiger partial charge >= 0.3 is 0 Å². The van der Waals surface area contributed by atoms with Crippen LogP contribution in [-0.2, 0) is 16.0 Å². The minimum absolute atomic E-state index is 0.0655. The van der Waals surface area contributed by atoms with Crippen molar-refractivity contribution in [2.45, 2.75) is 32.2 Å². The van der Waals surface area contributed by atoms with E-state index in [1.54, 1.807) is 18.1 Å². The van der Waals surface area contributed by atoms with Crippen LogP contribution in [0.4, 0.5) is 0 Å². The Hall–Kier alpha value is -2.63. The Morgan fingerprint density at radius 1 is 1.38 bits per heavy atom. The molecule has 1 fully saturated rings. The van der Waals surface area contributed by atoms with Crippen molar-refractivity contribution in [2.75, 3.05) is 13.6 Å². The molecule has 1 aromatic carbocycles. The minimum Gasteiger partial charge on any atom is -0.441 e. The summed E-state index contributed by atoms with van der Waals surface area (Å²) in [5.41, 5.74) is 2.16. The number of aryl methyl sites for hydroxylation is 2. The standard InChI is InChI=1S/C18H21N3O3/c1-12-3-5-13(6-4-12)15-10-19-17(24-15)8-7-16(22)20-14-9-18(23)21(2)11-14/h3-6,10,14H,7-9,11H2,1-2H3,(H,20,22)/t14-/m1/s1. The van der Waals surface area contributed by atoms with Crippen LogP contribution in [0.1, 0.15) is 24.3 Å². The Morgan fingerprint density at radius 2 is 2.12 bits per heavy atom. The second-order valence-electron chi connectivity index (χ2n) is 6.23. The van der Waals surface area contributed by atoms with Crippen molar-refractivity contribution in [3.8, 4) is 11.3 Å². The van der Waals surface area contributed by atoms with E-state index in [4.69, 9.17) is 4.42 Å². The highest BCUT2D eigenvalue weighted by molar-refractivity contribution is 5.82. The molecule has 6 nitrogen and oxygen atoms in total. The van der Waals surface area contributed by atoms with Crippen molar-refractivity contribution in [1.29, 1.82) is 0 Å². The molecule has 126 valence electrons. The molecule has 1 aromatic heterocycles. The quantitative estimate of drug-likeness (QED) is 0.910. The summed E-state index contributed by atoms with van der Waals surface area (Å²) in [6.45, 7) is 2.60. The molecule has 2 amide bonds. The predicted octanol–water partition coefficient (Wildman–Crippen LogP) is 1.93.